The molecule has 0 N–H and O–H groups in total. The second-order valence-electron chi connectivity index (χ2n) is 6.96. The SMILES string of the molecule is CC(C)N1CCCCC1=O.CC1CC(C)N(C(C)C)C1=O. The van der Waals surface area contributed by atoms with E-state index in [1.165, 1.54) is 6.42 Å². The summed E-state index contributed by atoms with van der Waals surface area (Å²) in [5, 5.41) is 0. The molecule has 2 heterocycles. The number of hydrogen-bond acceptors (Lipinski definition) is 2. The predicted molar refractivity (Wildman–Crippen MR) is 85.9 cm³/mol. The van der Waals surface area contributed by atoms with Crippen molar-refractivity contribution in [1.29, 1.82) is 0 Å². The van der Waals surface area contributed by atoms with Gasteiger partial charge in [0.05, 0.1) is 0 Å². The predicted octanol–water partition coefficient (Wildman–Crippen LogP) is 3.06. The van der Waals surface area contributed by atoms with Crippen molar-refractivity contribution < 1.29 is 9.59 Å². The topological polar surface area (TPSA) is 40.6 Å². The van der Waals surface area contributed by atoms with E-state index in [1.807, 2.05) is 16.7 Å². The largest absolute Gasteiger partial charge is 0.340 e. The van der Waals surface area contributed by atoms with E-state index in [9.17, 15) is 9.59 Å². The molecule has 21 heavy (non-hydrogen) atoms. The molecule has 0 aromatic heterocycles. The lowest BCUT2D eigenvalue weighted by molar-refractivity contribution is -0.135. The smallest absolute Gasteiger partial charge is 0.225 e. The van der Waals surface area contributed by atoms with Gasteiger partial charge in [0.15, 0.2) is 0 Å². The van der Waals surface area contributed by atoms with Gasteiger partial charge in [0.2, 0.25) is 11.8 Å². The molecule has 2 unspecified atom stereocenters. The van der Waals surface area contributed by atoms with Crippen LogP contribution in [-0.4, -0.2) is 46.3 Å². The van der Waals surface area contributed by atoms with E-state index >= 15 is 0 Å². The number of amides is 2. The normalized spacial score (nSPS) is 26.5. The van der Waals surface area contributed by atoms with Crippen molar-refractivity contribution in [3.8, 4) is 0 Å². The van der Waals surface area contributed by atoms with Crippen LogP contribution in [0, 0.1) is 5.92 Å². The van der Waals surface area contributed by atoms with Crippen LogP contribution < -0.4 is 0 Å². The quantitative estimate of drug-likeness (QED) is 0.786. The molecule has 2 saturated heterocycles. The van der Waals surface area contributed by atoms with E-state index in [1.54, 1.807) is 0 Å². The lowest BCUT2D eigenvalue weighted by Crippen LogP contribution is -2.40. The molecule has 4 heteroatoms. The van der Waals surface area contributed by atoms with E-state index in [4.69, 9.17) is 0 Å². The molecule has 2 aliphatic rings. The van der Waals surface area contributed by atoms with Gasteiger partial charge in [-0.05, 0) is 53.9 Å². The summed E-state index contributed by atoms with van der Waals surface area (Å²) in [5.74, 6) is 0.904. The van der Waals surface area contributed by atoms with Crippen LogP contribution in [0.25, 0.3) is 0 Å². The van der Waals surface area contributed by atoms with Crippen molar-refractivity contribution in [2.24, 2.45) is 5.92 Å². The summed E-state index contributed by atoms with van der Waals surface area (Å²) >= 11 is 0. The standard InChI is InChI=1S/C9H17NO.C8H15NO/c1-6(2)10-8(4)5-7(3)9(10)11;1-7(2)9-6-4-3-5-8(9)10/h6-8H,5H2,1-4H3;7H,3-6H2,1-2H3. The molecular weight excluding hydrogens is 264 g/mol. The second kappa shape index (κ2) is 7.81. The summed E-state index contributed by atoms with van der Waals surface area (Å²) in [5.41, 5.74) is 0. The van der Waals surface area contributed by atoms with Gasteiger partial charge in [0, 0.05) is 37.0 Å². The first-order valence-corrected chi connectivity index (χ1v) is 8.37. The molecule has 122 valence electrons. The van der Waals surface area contributed by atoms with Crippen molar-refractivity contribution in [3.05, 3.63) is 0 Å². The third kappa shape index (κ3) is 4.72. The van der Waals surface area contributed by atoms with Crippen molar-refractivity contribution in [3.63, 3.8) is 0 Å². The fourth-order valence-electron chi connectivity index (χ4n) is 3.33. The van der Waals surface area contributed by atoms with Gasteiger partial charge in [-0.2, -0.15) is 0 Å². The fourth-order valence-corrected chi connectivity index (χ4v) is 3.33. The van der Waals surface area contributed by atoms with Crippen LogP contribution >= 0.6 is 0 Å². The number of hydrogen-bond donors (Lipinski definition) is 0. The van der Waals surface area contributed by atoms with Gasteiger partial charge in [-0.1, -0.05) is 6.92 Å². The molecule has 2 atom stereocenters. The third-order valence-corrected chi connectivity index (χ3v) is 4.39. The molecule has 0 aliphatic carbocycles. The minimum absolute atomic E-state index is 0.243. The summed E-state index contributed by atoms with van der Waals surface area (Å²) in [6, 6.07) is 1.20. The Morgan fingerprint density at radius 3 is 1.90 bits per heavy atom. The van der Waals surface area contributed by atoms with Crippen LogP contribution in [0.3, 0.4) is 0 Å². The van der Waals surface area contributed by atoms with Crippen molar-refractivity contribution in [1.82, 2.24) is 9.80 Å². The Hall–Kier alpha value is -1.06. The Bertz CT molecular complexity index is 366. The monoisotopic (exact) mass is 296 g/mol. The lowest BCUT2D eigenvalue weighted by Gasteiger charge is -2.30. The number of rotatable bonds is 2. The van der Waals surface area contributed by atoms with Crippen molar-refractivity contribution in [2.45, 2.75) is 85.4 Å². The maximum Gasteiger partial charge on any atom is 0.225 e. The zero-order chi connectivity index (χ0) is 16.2. The highest BCUT2D eigenvalue weighted by atomic mass is 16.2. The molecule has 2 rings (SSSR count). The Kier molecular flexibility index (Phi) is 6.69. The summed E-state index contributed by atoms with van der Waals surface area (Å²) in [6.45, 7) is 13.4. The van der Waals surface area contributed by atoms with Crippen molar-refractivity contribution >= 4 is 11.8 Å². The molecule has 2 amide bonds. The van der Waals surface area contributed by atoms with Crippen LogP contribution in [-0.2, 0) is 9.59 Å². The summed E-state index contributed by atoms with van der Waals surface area (Å²) in [4.78, 5) is 26.6. The maximum absolute atomic E-state index is 11.5. The van der Waals surface area contributed by atoms with Gasteiger partial charge >= 0.3 is 0 Å². The second-order valence-corrected chi connectivity index (χ2v) is 6.96. The van der Waals surface area contributed by atoms with E-state index in [0.29, 0.717) is 29.9 Å². The first-order valence-electron chi connectivity index (χ1n) is 8.37. The first kappa shape index (κ1) is 18.0. The van der Waals surface area contributed by atoms with Crippen LogP contribution in [0.4, 0.5) is 0 Å². The maximum atomic E-state index is 11.5. The number of piperidine rings is 1. The van der Waals surface area contributed by atoms with Gasteiger partial charge in [-0.25, -0.2) is 0 Å². The van der Waals surface area contributed by atoms with Gasteiger partial charge in [-0.15, -0.1) is 0 Å². The van der Waals surface area contributed by atoms with Crippen LogP contribution in [0.5, 0.6) is 0 Å². The Morgan fingerprint density at radius 2 is 1.62 bits per heavy atom. The van der Waals surface area contributed by atoms with Crippen LogP contribution in [0.2, 0.25) is 0 Å². The summed E-state index contributed by atoms with van der Waals surface area (Å²) < 4.78 is 0. The highest BCUT2D eigenvalue weighted by Gasteiger charge is 2.35. The number of carbonyl (C=O) groups is 2. The van der Waals surface area contributed by atoms with Crippen LogP contribution in [0.1, 0.15) is 67.2 Å². The molecule has 2 fully saturated rings. The zero-order valence-electron chi connectivity index (χ0n) is 14.6. The third-order valence-electron chi connectivity index (χ3n) is 4.39. The number of likely N-dealkylation sites (tertiary alicyclic amines) is 2. The minimum Gasteiger partial charge on any atom is -0.340 e. The highest BCUT2D eigenvalue weighted by molar-refractivity contribution is 5.81. The highest BCUT2D eigenvalue weighted by Crippen LogP contribution is 2.25. The summed E-state index contributed by atoms with van der Waals surface area (Å²) in [7, 11) is 0. The van der Waals surface area contributed by atoms with E-state index in [0.717, 1.165) is 25.8 Å². The molecule has 2 aliphatic heterocycles. The van der Waals surface area contributed by atoms with Crippen LogP contribution in [0.15, 0.2) is 0 Å². The first-order chi connectivity index (χ1) is 9.75. The zero-order valence-corrected chi connectivity index (χ0v) is 14.6. The van der Waals surface area contributed by atoms with Gasteiger partial charge < -0.3 is 9.80 Å². The van der Waals surface area contributed by atoms with Gasteiger partial charge in [0.25, 0.3) is 0 Å². The molecule has 0 bridgehead atoms. The molecule has 0 aromatic rings. The van der Waals surface area contributed by atoms with E-state index in [2.05, 4.69) is 34.6 Å². The summed E-state index contributed by atoms with van der Waals surface area (Å²) in [6.07, 6.45) is 4.06. The average molecular weight is 296 g/mol. The van der Waals surface area contributed by atoms with Gasteiger partial charge in [0.1, 0.15) is 0 Å². The van der Waals surface area contributed by atoms with Gasteiger partial charge in [-0.3, -0.25) is 9.59 Å². The van der Waals surface area contributed by atoms with E-state index in [-0.39, 0.29) is 5.92 Å². The Morgan fingerprint density at radius 1 is 1.00 bits per heavy atom. The van der Waals surface area contributed by atoms with Crippen molar-refractivity contribution in [2.75, 3.05) is 6.54 Å². The molecule has 0 aromatic carbocycles. The molecular formula is C17H32N2O2. The van der Waals surface area contributed by atoms with E-state index < -0.39 is 0 Å². The molecule has 0 radical (unpaired) electrons. The Balaban J connectivity index is 0.000000211. The lowest BCUT2D eigenvalue weighted by atomic mass is 10.1. The molecule has 0 saturated carbocycles. The minimum atomic E-state index is 0.243. The fraction of sp³-hybridized carbons (Fsp3) is 0.882. The molecule has 0 spiro atoms. The molecule has 4 nitrogen and oxygen atoms in total. The average Bonchev–Trinajstić information content (AvgIpc) is 2.64. The Labute approximate surface area is 129 Å². The number of nitrogens with zero attached hydrogens (tertiary/aromatic N) is 2. The number of carbonyl (C=O) groups excluding carboxylic acids is 2.